The van der Waals surface area contributed by atoms with Gasteiger partial charge in [0.05, 0.1) is 0 Å². The van der Waals surface area contributed by atoms with Gasteiger partial charge < -0.3 is 16.2 Å². The van der Waals surface area contributed by atoms with Gasteiger partial charge in [0.2, 0.25) is 0 Å². The largest absolute Gasteiger partial charge is 0.396 e. The van der Waals surface area contributed by atoms with E-state index in [1.165, 1.54) is 0 Å². The predicted octanol–water partition coefficient (Wildman–Crippen LogP) is 2.30. The molecule has 0 saturated heterocycles. The van der Waals surface area contributed by atoms with Crippen molar-refractivity contribution < 1.29 is 5.11 Å². The number of nitrogens with one attached hydrogen (secondary N) is 1. The Kier molecular flexibility index (Phi) is 4.90. The van der Waals surface area contributed by atoms with E-state index in [2.05, 4.69) is 22.2 Å². The summed E-state index contributed by atoms with van der Waals surface area (Å²) in [6.45, 7) is 2.25. The van der Waals surface area contributed by atoms with Gasteiger partial charge >= 0.3 is 0 Å². The number of anilines is 2. The Bertz CT molecular complexity index is 545. The van der Waals surface area contributed by atoms with E-state index in [0.717, 1.165) is 18.4 Å². The monoisotopic (exact) mass is 272 g/mol. The van der Waals surface area contributed by atoms with E-state index in [1.807, 2.05) is 30.3 Å². The fourth-order valence-corrected chi connectivity index (χ4v) is 1.98. The van der Waals surface area contributed by atoms with E-state index in [4.69, 9.17) is 10.8 Å². The summed E-state index contributed by atoms with van der Waals surface area (Å²) in [4.78, 5) is 8.75. The molecule has 0 fully saturated rings. The maximum absolute atomic E-state index is 8.84. The normalized spacial score (nSPS) is 12.1. The molecule has 2 aromatic rings. The molecule has 4 N–H and O–H groups in total. The van der Waals surface area contributed by atoms with Crippen LogP contribution >= 0.6 is 0 Å². The maximum Gasteiger partial charge on any atom is 0.163 e. The fourth-order valence-electron chi connectivity index (χ4n) is 1.98. The highest BCUT2D eigenvalue weighted by Gasteiger charge is 2.07. The van der Waals surface area contributed by atoms with E-state index in [9.17, 15) is 0 Å². The van der Waals surface area contributed by atoms with Gasteiger partial charge in [-0.3, -0.25) is 0 Å². The molecule has 1 heterocycles. The number of nitrogen functional groups attached to an aromatic ring is 1. The van der Waals surface area contributed by atoms with Crippen LogP contribution in [0.1, 0.15) is 19.8 Å². The number of aromatic nitrogens is 2. The highest BCUT2D eigenvalue weighted by molar-refractivity contribution is 5.60. The summed E-state index contributed by atoms with van der Waals surface area (Å²) in [5.41, 5.74) is 6.78. The Morgan fingerprint density at radius 1 is 1.25 bits per heavy atom. The molecular formula is C15H20N4O. The Morgan fingerprint density at radius 3 is 2.70 bits per heavy atom. The highest BCUT2D eigenvalue weighted by Crippen LogP contribution is 2.19. The van der Waals surface area contributed by atoms with Gasteiger partial charge in [-0.15, -0.1) is 0 Å². The molecule has 0 spiro atoms. The van der Waals surface area contributed by atoms with Gasteiger partial charge in [-0.05, 0) is 19.8 Å². The van der Waals surface area contributed by atoms with Crippen molar-refractivity contribution in [3.8, 4) is 11.4 Å². The number of benzene rings is 1. The zero-order valence-electron chi connectivity index (χ0n) is 11.6. The minimum absolute atomic E-state index is 0.202. The third-order valence-corrected chi connectivity index (χ3v) is 2.97. The molecule has 0 bridgehead atoms. The van der Waals surface area contributed by atoms with Gasteiger partial charge in [-0.1, -0.05) is 30.3 Å². The van der Waals surface area contributed by atoms with Crippen molar-refractivity contribution in [2.45, 2.75) is 25.8 Å². The smallest absolute Gasteiger partial charge is 0.163 e. The highest BCUT2D eigenvalue weighted by atomic mass is 16.2. The van der Waals surface area contributed by atoms with E-state index < -0.39 is 0 Å². The average Bonchev–Trinajstić information content (AvgIpc) is 2.45. The van der Waals surface area contributed by atoms with Crippen molar-refractivity contribution in [1.82, 2.24) is 9.97 Å². The number of aliphatic hydroxyl groups excluding tert-OH is 1. The summed E-state index contributed by atoms with van der Waals surface area (Å²) < 4.78 is 0. The molecule has 0 radical (unpaired) electrons. The molecule has 1 aromatic heterocycles. The second-order valence-electron chi connectivity index (χ2n) is 4.78. The first-order chi connectivity index (χ1) is 9.69. The Hall–Kier alpha value is -2.14. The molecule has 0 aliphatic carbocycles. The van der Waals surface area contributed by atoms with Crippen molar-refractivity contribution in [3.63, 3.8) is 0 Å². The zero-order chi connectivity index (χ0) is 14.4. The standard InChI is InChI=1S/C15H20N4O/c1-11(6-5-9-20)17-14-10-13(16)18-15(19-14)12-7-3-2-4-8-12/h2-4,7-8,10-11,20H,5-6,9H2,1H3,(H3,16,17,18,19). The van der Waals surface area contributed by atoms with E-state index >= 15 is 0 Å². The lowest BCUT2D eigenvalue weighted by atomic mass is 10.2. The minimum atomic E-state index is 0.202. The number of hydrogen-bond donors (Lipinski definition) is 3. The molecule has 0 aliphatic heterocycles. The lowest BCUT2D eigenvalue weighted by molar-refractivity contribution is 0.282. The summed E-state index contributed by atoms with van der Waals surface area (Å²) in [6.07, 6.45) is 1.64. The van der Waals surface area contributed by atoms with Crippen LogP contribution in [0.15, 0.2) is 36.4 Å². The molecule has 1 atom stereocenters. The molecular weight excluding hydrogens is 252 g/mol. The van der Waals surface area contributed by atoms with E-state index in [-0.39, 0.29) is 12.6 Å². The lowest BCUT2D eigenvalue weighted by Crippen LogP contribution is -2.17. The van der Waals surface area contributed by atoms with Crippen molar-refractivity contribution in [2.24, 2.45) is 0 Å². The first-order valence-electron chi connectivity index (χ1n) is 6.76. The molecule has 0 amide bonds. The van der Waals surface area contributed by atoms with Gasteiger partial charge in [-0.2, -0.15) is 0 Å². The summed E-state index contributed by atoms with van der Waals surface area (Å²) in [5, 5.41) is 12.1. The van der Waals surface area contributed by atoms with E-state index in [0.29, 0.717) is 17.5 Å². The first-order valence-corrected chi connectivity index (χ1v) is 6.76. The van der Waals surface area contributed by atoms with Crippen LogP contribution in [0.4, 0.5) is 11.6 Å². The molecule has 1 unspecified atom stereocenters. The number of rotatable bonds is 6. The van der Waals surface area contributed by atoms with Crippen LogP contribution in [-0.4, -0.2) is 27.7 Å². The van der Waals surface area contributed by atoms with Gasteiger partial charge in [0.15, 0.2) is 5.82 Å². The van der Waals surface area contributed by atoms with Crippen LogP contribution in [0, 0.1) is 0 Å². The van der Waals surface area contributed by atoms with Crippen LogP contribution in [0.25, 0.3) is 11.4 Å². The quantitative estimate of drug-likeness (QED) is 0.751. The van der Waals surface area contributed by atoms with Crippen LogP contribution in [0.3, 0.4) is 0 Å². The predicted molar refractivity (Wildman–Crippen MR) is 81.3 cm³/mol. The zero-order valence-corrected chi connectivity index (χ0v) is 11.6. The first kappa shape index (κ1) is 14.3. The van der Waals surface area contributed by atoms with Crippen molar-refractivity contribution >= 4 is 11.6 Å². The topological polar surface area (TPSA) is 84.1 Å². The molecule has 0 aliphatic rings. The maximum atomic E-state index is 8.84. The number of nitrogens with zero attached hydrogens (tertiary/aromatic N) is 2. The molecule has 20 heavy (non-hydrogen) atoms. The SMILES string of the molecule is CC(CCCO)Nc1cc(N)nc(-c2ccccc2)n1. The second kappa shape index (κ2) is 6.86. The second-order valence-corrected chi connectivity index (χ2v) is 4.78. The van der Waals surface area contributed by atoms with Crippen LogP contribution in [-0.2, 0) is 0 Å². The Morgan fingerprint density at radius 2 is 2.00 bits per heavy atom. The van der Waals surface area contributed by atoms with Gasteiger partial charge in [0, 0.05) is 24.3 Å². The van der Waals surface area contributed by atoms with Crippen LogP contribution in [0.2, 0.25) is 0 Å². The number of nitrogens with two attached hydrogens (primary N) is 1. The van der Waals surface area contributed by atoms with Crippen molar-refractivity contribution in [3.05, 3.63) is 36.4 Å². The van der Waals surface area contributed by atoms with Crippen molar-refractivity contribution in [1.29, 1.82) is 0 Å². The van der Waals surface area contributed by atoms with Gasteiger partial charge in [0.25, 0.3) is 0 Å². The van der Waals surface area contributed by atoms with E-state index in [1.54, 1.807) is 6.07 Å². The van der Waals surface area contributed by atoms with Crippen LogP contribution in [0.5, 0.6) is 0 Å². The Balaban J connectivity index is 2.17. The summed E-state index contributed by atoms with van der Waals surface area (Å²) in [7, 11) is 0. The van der Waals surface area contributed by atoms with Gasteiger partial charge in [0.1, 0.15) is 11.6 Å². The summed E-state index contributed by atoms with van der Waals surface area (Å²) >= 11 is 0. The molecule has 5 heteroatoms. The molecule has 2 rings (SSSR count). The molecule has 5 nitrogen and oxygen atoms in total. The summed E-state index contributed by atoms with van der Waals surface area (Å²) in [5.74, 6) is 1.76. The fraction of sp³-hybridized carbons (Fsp3) is 0.333. The molecule has 1 aromatic carbocycles. The number of aliphatic hydroxyl groups is 1. The summed E-state index contributed by atoms with van der Waals surface area (Å²) in [6, 6.07) is 11.7. The Labute approximate surface area is 118 Å². The van der Waals surface area contributed by atoms with Crippen molar-refractivity contribution in [2.75, 3.05) is 17.7 Å². The lowest BCUT2D eigenvalue weighted by Gasteiger charge is -2.14. The molecule has 106 valence electrons. The van der Waals surface area contributed by atoms with Crippen LogP contribution < -0.4 is 11.1 Å². The average molecular weight is 272 g/mol. The number of hydrogen-bond acceptors (Lipinski definition) is 5. The third kappa shape index (κ3) is 3.93. The third-order valence-electron chi connectivity index (χ3n) is 2.97. The van der Waals surface area contributed by atoms with Gasteiger partial charge in [-0.25, -0.2) is 9.97 Å². The molecule has 0 saturated carbocycles. The minimum Gasteiger partial charge on any atom is -0.396 e.